The van der Waals surface area contributed by atoms with Crippen LogP contribution in [0.4, 0.5) is 0 Å². The van der Waals surface area contributed by atoms with E-state index in [0.29, 0.717) is 29.0 Å². The van der Waals surface area contributed by atoms with E-state index in [1.54, 1.807) is 0 Å². The van der Waals surface area contributed by atoms with E-state index in [0.717, 1.165) is 56.0 Å². The van der Waals surface area contributed by atoms with E-state index in [9.17, 15) is 0 Å². The third-order valence-corrected chi connectivity index (χ3v) is 10.4. The summed E-state index contributed by atoms with van der Waals surface area (Å²) < 4.78 is 13.5. The smallest absolute Gasteiger partial charge is 0.178 e. The summed E-state index contributed by atoms with van der Waals surface area (Å²) in [6, 6.07) is 56.0. The van der Waals surface area contributed by atoms with Crippen molar-refractivity contribution in [3.05, 3.63) is 175 Å². The minimum atomic E-state index is -0.148. The Hall–Kier alpha value is -6.85. The summed E-state index contributed by atoms with van der Waals surface area (Å²) in [5.74, 6) is 4.66. The van der Waals surface area contributed by atoms with Gasteiger partial charge in [-0.15, -0.1) is 0 Å². The molecule has 10 rings (SSSR count). The second-order valence-corrected chi connectivity index (χ2v) is 14.0. The monoisotopic (exact) mass is 683 g/mol. The summed E-state index contributed by atoms with van der Waals surface area (Å²) in [5.41, 5.74) is 11.6. The van der Waals surface area contributed by atoms with E-state index in [-0.39, 0.29) is 5.41 Å². The summed E-state index contributed by atoms with van der Waals surface area (Å²) in [6.07, 6.45) is 0. The molecule has 0 amide bonds. The zero-order valence-corrected chi connectivity index (χ0v) is 29.2. The Morgan fingerprint density at radius 1 is 0.377 bits per heavy atom. The van der Waals surface area contributed by atoms with E-state index < -0.39 is 0 Å². The Morgan fingerprint density at radius 2 is 0.906 bits per heavy atom. The Kier molecular flexibility index (Phi) is 7.08. The summed E-state index contributed by atoms with van der Waals surface area (Å²) in [5, 5.41) is 0. The molecule has 0 bridgehead atoms. The fourth-order valence-electron chi connectivity index (χ4n) is 7.69. The predicted octanol–water partition coefficient (Wildman–Crippen LogP) is 12.4. The largest absolute Gasteiger partial charge is 0.449 e. The van der Waals surface area contributed by atoms with Gasteiger partial charge in [0.2, 0.25) is 0 Å². The van der Waals surface area contributed by atoms with Gasteiger partial charge in [-0.3, -0.25) is 0 Å². The maximum atomic E-state index is 6.93. The van der Waals surface area contributed by atoms with Crippen LogP contribution in [0, 0.1) is 0 Å². The van der Waals surface area contributed by atoms with Gasteiger partial charge < -0.3 is 9.47 Å². The second kappa shape index (κ2) is 12.1. The summed E-state index contributed by atoms with van der Waals surface area (Å²) in [4.78, 5) is 15.0. The van der Waals surface area contributed by atoms with Crippen molar-refractivity contribution in [3.63, 3.8) is 0 Å². The number of fused-ring (bicyclic) bond motifs is 6. The number of hydrogen-bond acceptors (Lipinski definition) is 5. The summed E-state index contributed by atoms with van der Waals surface area (Å²) in [7, 11) is 0. The van der Waals surface area contributed by atoms with Crippen LogP contribution in [0.2, 0.25) is 0 Å². The van der Waals surface area contributed by atoms with E-state index in [1.165, 1.54) is 16.7 Å². The van der Waals surface area contributed by atoms with Crippen molar-refractivity contribution in [3.8, 4) is 90.5 Å². The molecule has 1 aliphatic heterocycles. The summed E-state index contributed by atoms with van der Waals surface area (Å²) in [6.45, 7) is 4.54. The maximum Gasteiger partial charge on any atom is 0.178 e. The molecule has 0 radical (unpaired) electrons. The normalized spacial score (nSPS) is 13.2. The number of benzene rings is 7. The van der Waals surface area contributed by atoms with Gasteiger partial charge in [0.05, 0.1) is 0 Å². The van der Waals surface area contributed by atoms with Gasteiger partial charge in [-0.05, 0) is 51.6 Å². The first-order chi connectivity index (χ1) is 26.0. The highest BCUT2D eigenvalue weighted by Gasteiger charge is 2.39. The molecular weight excluding hydrogens is 651 g/mol. The minimum absolute atomic E-state index is 0.148. The van der Waals surface area contributed by atoms with Crippen molar-refractivity contribution in [1.29, 1.82) is 0 Å². The highest BCUT2D eigenvalue weighted by molar-refractivity contribution is 5.89. The molecule has 5 nitrogen and oxygen atoms in total. The van der Waals surface area contributed by atoms with Gasteiger partial charge >= 0.3 is 0 Å². The molecule has 2 heterocycles. The van der Waals surface area contributed by atoms with Gasteiger partial charge in [-0.2, -0.15) is 0 Å². The molecule has 0 saturated heterocycles. The first kappa shape index (κ1) is 30.9. The SMILES string of the molecule is CC1(C)c2ccccc2-c2c1ccc1c2Oc2c(cccc2-c2cccc(-c3nc(-c4ccccc4)nc(-c4ccc(-c5ccccc5)cc4)n3)c2)O1. The first-order valence-corrected chi connectivity index (χ1v) is 17.9. The van der Waals surface area contributed by atoms with Gasteiger partial charge in [0, 0.05) is 33.2 Å². The van der Waals surface area contributed by atoms with Gasteiger partial charge in [0.15, 0.2) is 40.5 Å². The fraction of sp³-hybridized carbons (Fsp3) is 0.0625. The Balaban J connectivity index is 1.06. The topological polar surface area (TPSA) is 57.1 Å². The Morgan fingerprint density at radius 3 is 1.66 bits per heavy atom. The number of ether oxygens (including phenoxy) is 2. The average molecular weight is 684 g/mol. The highest BCUT2D eigenvalue weighted by Crippen LogP contribution is 2.59. The van der Waals surface area contributed by atoms with Gasteiger partial charge in [-0.1, -0.05) is 159 Å². The number of para-hydroxylation sites is 1. The zero-order valence-electron chi connectivity index (χ0n) is 29.2. The molecule has 0 unspecified atom stereocenters. The second-order valence-electron chi connectivity index (χ2n) is 14.0. The molecule has 1 aliphatic carbocycles. The van der Waals surface area contributed by atoms with Crippen LogP contribution in [0.3, 0.4) is 0 Å². The molecule has 8 aromatic rings. The highest BCUT2D eigenvalue weighted by atomic mass is 16.6. The van der Waals surface area contributed by atoms with Crippen molar-refractivity contribution < 1.29 is 9.47 Å². The molecule has 0 saturated carbocycles. The lowest BCUT2D eigenvalue weighted by Gasteiger charge is -2.26. The van der Waals surface area contributed by atoms with E-state index >= 15 is 0 Å². The third-order valence-electron chi connectivity index (χ3n) is 10.4. The van der Waals surface area contributed by atoms with Crippen molar-refractivity contribution in [2.75, 3.05) is 0 Å². The molecule has 0 fully saturated rings. The van der Waals surface area contributed by atoms with Gasteiger partial charge in [-0.25, -0.2) is 15.0 Å². The molecule has 1 aromatic heterocycles. The van der Waals surface area contributed by atoms with Crippen LogP contribution >= 0.6 is 0 Å². The van der Waals surface area contributed by atoms with E-state index in [4.69, 9.17) is 24.4 Å². The number of hydrogen-bond donors (Lipinski definition) is 0. The van der Waals surface area contributed by atoms with Crippen molar-refractivity contribution in [1.82, 2.24) is 15.0 Å². The minimum Gasteiger partial charge on any atom is -0.449 e. The maximum absolute atomic E-state index is 6.93. The van der Waals surface area contributed by atoms with Gasteiger partial charge in [0.25, 0.3) is 0 Å². The lowest BCUT2D eigenvalue weighted by molar-refractivity contribution is 0.361. The lowest BCUT2D eigenvalue weighted by atomic mass is 9.82. The fourth-order valence-corrected chi connectivity index (χ4v) is 7.69. The molecule has 0 spiro atoms. The molecule has 7 aromatic carbocycles. The number of nitrogens with zero attached hydrogens (tertiary/aromatic N) is 3. The van der Waals surface area contributed by atoms with Crippen LogP contribution in [-0.2, 0) is 5.41 Å². The molecule has 53 heavy (non-hydrogen) atoms. The number of aromatic nitrogens is 3. The van der Waals surface area contributed by atoms with Crippen LogP contribution in [0.5, 0.6) is 23.0 Å². The molecule has 2 aliphatic rings. The van der Waals surface area contributed by atoms with Crippen molar-refractivity contribution in [2.45, 2.75) is 19.3 Å². The lowest BCUT2D eigenvalue weighted by Crippen LogP contribution is -2.15. The predicted molar refractivity (Wildman–Crippen MR) is 211 cm³/mol. The zero-order chi connectivity index (χ0) is 35.5. The quantitative estimate of drug-likeness (QED) is 0.181. The van der Waals surface area contributed by atoms with Crippen LogP contribution in [-0.4, -0.2) is 15.0 Å². The van der Waals surface area contributed by atoms with Crippen LogP contribution in [0.1, 0.15) is 25.0 Å². The molecule has 252 valence electrons. The standard InChI is InChI=1S/C48H33N3O2/c1-48(2)38-21-10-9-19-37(38)42-39(48)27-28-41-44(42)53-43-36(20-12-22-40(43)52-41)34-17-11-18-35(29-34)47-50-45(32-15-7-4-8-16-32)49-46(51-47)33-25-23-31(24-26-33)30-13-5-3-6-14-30/h3-29H,1-2H3. The summed E-state index contributed by atoms with van der Waals surface area (Å²) >= 11 is 0. The van der Waals surface area contributed by atoms with Gasteiger partial charge in [0.1, 0.15) is 0 Å². The van der Waals surface area contributed by atoms with Crippen molar-refractivity contribution in [2.24, 2.45) is 0 Å². The Labute approximate surface area is 308 Å². The number of rotatable bonds is 5. The van der Waals surface area contributed by atoms with Crippen molar-refractivity contribution >= 4 is 0 Å². The average Bonchev–Trinajstić information content (AvgIpc) is 3.46. The molecule has 0 atom stereocenters. The van der Waals surface area contributed by atoms with Crippen LogP contribution in [0.15, 0.2) is 164 Å². The van der Waals surface area contributed by atoms with Crippen LogP contribution in [0.25, 0.3) is 67.5 Å². The molecule has 0 N–H and O–H groups in total. The third kappa shape index (κ3) is 5.20. The molecule has 5 heteroatoms. The van der Waals surface area contributed by atoms with E-state index in [1.807, 2.05) is 66.7 Å². The van der Waals surface area contributed by atoms with E-state index in [2.05, 4.69) is 111 Å². The molecular formula is C48H33N3O2. The Bertz CT molecular complexity index is 2690. The first-order valence-electron chi connectivity index (χ1n) is 17.9. The van der Waals surface area contributed by atoms with Crippen LogP contribution < -0.4 is 9.47 Å².